The summed E-state index contributed by atoms with van der Waals surface area (Å²) in [6.45, 7) is 4.99. The molecule has 6 heteroatoms. The van der Waals surface area contributed by atoms with Gasteiger partial charge in [-0.1, -0.05) is 6.92 Å². The van der Waals surface area contributed by atoms with Gasteiger partial charge in [0.15, 0.2) is 0 Å². The largest absolute Gasteiger partial charge is 0.374 e. The van der Waals surface area contributed by atoms with Crippen LogP contribution in [0.1, 0.15) is 18.5 Å². The van der Waals surface area contributed by atoms with Gasteiger partial charge in [0.25, 0.3) is 0 Å². The number of hydrogen-bond donors (Lipinski definition) is 2. The Kier molecular flexibility index (Phi) is 4.81. The Balaban J connectivity index is 2.21. The van der Waals surface area contributed by atoms with Crippen molar-refractivity contribution in [1.29, 1.82) is 0 Å². The Hall–Kier alpha value is -1.08. The summed E-state index contributed by atoms with van der Waals surface area (Å²) >= 11 is 0. The van der Waals surface area contributed by atoms with Gasteiger partial charge in [0.2, 0.25) is 0 Å². The van der Waals surface area contributed by atoms with Crippen LogP contribution in [0.2, 0.25) is 0 Å². The van der Waals surface area contributed by atoms with E-state index in [1.807, 2.05) is 0 Å². The van der Waals surface area contributed by atoms with Crippen LogP contribution in [0.3, 0.4) is 0 Å². The maximum atomic E-state index is 13.8. The van der Waals surface area contributed by atoms with Crippen LogP contribution in [0.4, 0.5) is 8.78 Å². The topological polar surface area (TPSA) is 50.5 Å². The van der Waals surface area contributed by atoms with Crippen LogP contribution < -0.4 is 11.3 Å². The van der Waals surface area contributed by atoms with E-state index in [1.54, 1.807) is 0 Å². The molecule has 1 aromatic carbocycles. The molecule has 1 saturated heterocycles. The lowest BCUT2D eigenvalue weighted by Gasteiger charge is -2.36. The lowest BCUT2D eigenvalue weighted by atomic mass is 10.00. The summed E-state index contributed by atoms with van der Waals surface area (Å²) in [7, 11) is 0. The lowest BCUT2D eigenvalue weighted by Crippen LogP contribution is -2.49. The van der Waals surface area contributed by atoms with Crippen molar-refractivity contribution in [2.45, 2.75) is 19.1 Å². The third kappa shape index (κ3) is 3.27. The molecule has 3 N–H and O–H groups in total. The molecule has 1 fully saturated rings. The molecule has 1 heterocycles. The van der Waals surface area contributed by atoms with Gasteiger partial charge in [0, 0.05) is 18.7 Å². The van der Waals surface area contributed by atoms with Crippen molar-refractivity contribution >= 4 is 0 Å². The molecule has 0 saturated carbocycles. The summed E-state index contributed by atoms with van der Waals surface area (Å²) in [4.78, 5) is 2.19. The first kappa shape index (κ1) is 14.3. The highest BCUT2D eigenvalue weighted by molar-refractivity contribution is 5.23. The molecular weight excluding hydrogens is 252 g/mol. The maximum Gasteiger partial charge on any atom is 0.128 e. The summed E-state index contributed by atoms with van der Waals surface area (Å²) in [5.41, 5.74) is 2.74. The van der Waals surface area contributed by atoms with Gasteiger partial charge in [0.05, 0.1) is 18.8 Å². The van der Waals surface area contributed by atoms with Gasteiger partial charge in [-0.3, -0.25) is 16.2 Å². The Labute approximate surface area is 111 Å². The van der Waals surface area contributed by atoms with E-state index in [9.17, 15) is 8.78 Å². The Bertz CT molecular complexity index is 430. The van der Waals surface area contributed by atoms with Crippen molar-refractivity contribution in [2.75, 3.05) is 26.2 Å². The number of hydrazine groups is 1. The predicted molar refractivity (Wildman–Crippen MR) is 68.3 cm³/mol. The SMILES string of the molecule is CCN1CCOC(C(NN)c2cc(F)ccc2F)C1. The highest BCUT2D eigenvalue weighted by Crippen LogP contribution is 2.24. The molecule has 1 aliphatic heterocycles. The molecule has 4 nitrogen and oxygen atoms in total. The van der Waals surface area contributed by atoms with E-state index in [0.717, 1.165) is 31.3 Å². The van der Waals surface area contributed by atoms with Crippen molar-refractivity contribution < 1.29 is 13.5 Å². The summed E-state index contributed by atoms with van der Waals surface area (Å²) in [5.74, 6) is 4.53. The fourth-order valence-corrected chi connectivity index (χ4v) is 2.37. The molecule has 0 aromatic heterocycles. The third-order valence-corrected chi connectivity index (χ3v) is 3.47. The van der Waals surface area contributed by atoms with Crippen LogP contribution in [0.15, 0.2) is 18.2 Å². The van der Waals surface area contributed by atoms with Crippen molar-refractivity contribution in [3.63, 3.8) is 0 Å². The minimum Gasteiger partial charge on any atom is -0.374 e. The second-order valence-electron chi connectivity index (χ2n) is 4.61. The molecule has 0 aliphatic carbocycles. The second kappa shape index (κ2) is 6.38. The van der Waals surface area contributed by atoms with Crippen LogP contribution in [-0.2, 0) is 4.74 Å². The zero-order valence-electron chi connectivity index (χ0n) is 10.9. The lowest BCUT2D eigenvalue weighted by molar-refractivity contribution is -0.0462. The van der Waals surface area contributed by atoms with Crippen molar-refractivity contribution in [2.24, 2.45) is 5.84 Å². The molecule has 2 rings (SSSR count). The van der Waals surface area contributed by atoms with Crippen LogP contribution in [0.25, 0.3) is 0 Å². The molecule has 2 atom stereocenters. The number of halogens is 2. The van der Waals surface area contributed by atoms with Crippen LogP contribution in [0, 0.1) is 11.6 Å². The highest BCUT2D eigenvalue weighted by atomic mass is 19.1. The van der Waals surface area contributed by atoms with E-state index >= 15 is 0 Å². The number of likely N-dealkylation sites (N-methyl/N-ethyl adjacent to an activating group) is 1. The summed E-state index contributed by atoms with van der Waals surface area (Å²) < 4.78 is 32.7. The van der Waals surface area contributed by atoms with Crippen LogP contribution >= 0.6 is 0 Å². The number of rotatable bonds is 4. The first-order chi connectivity index (χ1) is 9.15. The molecule has 106 valence electrons. The number of nitrogens with one attached hydrogen (secondary N) is 1. The molecule has 1 aromatic rings. The fraction of sp³-hybridized carbons (Fsp3) is 0.538. The Morgan fingerprint density at radius 2 is 2.32 bits per heavy atom. The minimum atomic E-state index is -0.565. The molecular formula is C13H19F2N3O. The highest BCUT2D eigenvalue weighted by Gasteiger charge is 2.30. The van der Waals surface area contributed by atoms with Gasteiger partial charge in [-0.15, -0.1) is 0 Å². The number of morpholine rings is 1. The average molecular weight is 271 g/mol. The second-order valence-corrected chi connectivity index (χ2v) is 4.61. The number of ether oxygens (including phenoxy) is 1. The molecule has 2 unspecified atom stereocenters. The molecule has 19 heavy (non-hydrogen) atoms. The number of nitrogens with two attached hydrogens (primary N) is 1. The van der Waals surface area contributed by atoms with E-state index in [0.29, 0.717) is 13.2 Å². The summed E-state index contributed by atoms with van der Waals surface area (Å²) in [6.07, 6.45) is -0.296. The molecule has 0 bridgehead atoms. The van der Waals surface area contributed by atoms with Crippen LogP contribution in [-0.4, -0.2) is 37.2 Å². The number of benzene rings is 1. The van der Waals surface area contributed by atoms with Crippen molar-refractivity contribution in [3.8, 4) is 0 Å². The summed E-state index contributed by atoms with van der Waals surface area (Å²) in [5, 5.41) is 0. The van der Waals surface area contributed by atoms with Crippen molar-refractivity contribution in [3.05, 3.63) is 35.4 Å². The quantitative estimate of drug-likeness (QED) is 0.638. The maximum absolute atomic E-state index is 13.8. The standard InChI is InChI=1S/C13H19F2N3O/c1-2-18-5-6-19-12(8-18)13(17-16)10-7-9(14)3-4-11(10)15/h3-4,7,12-13,17H,2,5-6,8,16H2,1H3. The van der Waals surface area contributed by atoms with E-state index < -0.39 is 17.7 Å². The Morgan fingerprint density at radius 3 is 3.00 bits per heavy atom. The predicted octanol–water partition coefficient (Wildman–Crippen LogP) is 1.19. The van der Waals surface area contributed by atoms with Gasteiger partial charge >= 0.3 is 0 Å². The normalized spacial score (nSPS) is 22.4. The van der Waals surface area contributed by atoms with Gasteiger partial charge in [-0.05, 0) is 24.7 Å². The zero-order valence-corrected chi connectivity index (χ0v) is 10.9. The van der Waals surface area contributed by atoms with E-state index in [-0.39, 0.29) is 11.7 Å². The number of nitrogens with zero attached hydrogens (tertiary/aromatic N) is 1. The van der Waals surface area contributed by atoms with E-state index in [4.69, 9.17) is 10.6 Å². The van der Waals surface area contributed by atoms with Gasteiger partial charge < -0.3 is 4.74 Å². The Morgan fingerprint density at radius 1 is 1.53 bits per heavy atom. The third-order valence-electron chi connectivity index (χ3n) is 3.47. The first-order valence-electron chi connectivity index (χ1n) is 6.40. The zero-order chi connectivity index (χ0) is 13.8. The monoisotopic (exact) mass is 271 g/mol. The van der Waals surface area contributed by atoms with E-state index in [2.05, 4.69) is 17.2 Å². The van der Waals surface area contributed by atoms with Crippen LogP contribution in [0.5, 0.6) is 0 Å². The van der Waals surface area contributed by atoms with Gasteiger partial charge in [-0.25, -0.2) is 8.78 Å². The average Bonchev–Trinajstić information content (AvgIpc) is 2.44. The van der Waals surface area contributed by atoms with Crippen molar-refractivity contribution in [1.82, 2.24) is 10.3 Å². The van der Waals surface area contributed by atoms with E-state index in [1.165, 1.54) is 0 Å². The fourth-order valence-electron chi connectivity index (χ4n) is 2.37. The first-order valence-corrected chi connectivity index (χ1v) is 6.40. The van der Waals surface area contributed by atoms with Gasteiger partial charge in [0.1, 0.15) is 11.6 Å². The smallest absolute Gasteiger partial charge is 0.128 e. The molecule has 0 spiro atoms. The number of hydrogen-bond acceptors (Lipinski definition) is 4. The summed E-state index contributed by atoms with van der Waals surface area (Å²) in [6, 6.07) is 2.79. The van der Waals surface area contributed by atoms with Gasteiger partial charge in [-0.2, -0.15) is 0 Å². The molecule has 0 radical (unpaired) electrons. The minimum absolute atomic E-state index is 0.199. The molecule has 0 amide bonds. The molecule has 1 aliphatic rings.